The SMILES string of the molecule is Cc1cc(Cl)ccc1[C@@H](C)NC(=O)c1ccc2c(c1)c(C)c(C)n2Cc1ccc(-c2ccccc2C(=O)O)cc1. The van der Waals surface area contributed by atoms with E-state index in [0.717, 1.165) is 44.4 Å². The van der Waals surface area contributed by atoms with Crippen LogP contribution in [0.25, 0.3) is 22.0 Å². The van der Waals surface area contributed by atoms with Crippen LogP contribution >= 0.6 is 11.6 Å². The number of aromatic nitrogens is 1. The number of hydrogen-bond acceptors (Lipinski definition) is 2. The lowest BCUT2D eigenvalue weighted by Gasteiger charge is -2.17. The second-order valence-corrected chi connectivity index (χ2v) is 10.7. The molecule has 40 heavy (non-hydrogen) atoms. The minimum absolute atomic E-state index is 0.120. The fourth-order valence-electron chi connectivity index (χ4n) is 5.37. The Hall–Kier alpha value is -4.35. The summed E-state index contributed by atoms with van der Waals surface area (Å²) in [6, 6.07) is 26.5. The van der Waals surface area contributed by atoms with E-state index in [0.29, 0.717) is 22.7 Å². The Kier molecular flexibility index (Phi) is 7.51. The first kappa shape index (κ1) is 27.2. The zero-order valence-electron chi connectivity index (χ0n) is 23.0. The van der Waals surface area contributed by atoms with Crippen LogP contribution in [0.2, 0.25) is 5.02 Å². The molecule has 0 unspecified atom stereocenters. The van der Waals surface area contributed by atoms with Crippen LogP contribution in [0.5, 0.6) is 0 Å². The summed E-state index contributed by atoms with van der Waals surface area (Å²) in [7, 11) is 0. The Morgan fingerprint density at radius 1 is 0.925 bits per heavy atom. The van der Waals surface area contributed by atoms with Gasteiger partial charge in [0.1, 0.15) is 0 Å². The van der Waals surface area contributed by atoms with Gasteiger partial charge in [0.25, 0.3) is 5.91 Å². The van der Waals surface area contributed by atoms with Crippen molar-refractivity contribution < 1.29 is 14.7 Å². The summed E-state index contributed by atoms with van der Waals surface area (Å²) in [6.45, 7) is 8.81. The van der Waals surface area contributed by atoms with E-state index < -0.39 is 5.97 Å². The number of amides is 1. The van der Waals surface area contributed by atoms with Gasteiger partial charge in [-0.05, 0) is 97.5 Å². The lowest BCUT2D eigenvalue weighted by molar-refractivity contribution is 0.0697. The summed E-state index contributed by atoms with van der Waals surface area (Å²) in [6.07, 6.45) is 0. The molecule has 5 nitrogen and oxygen atoms in total. The second kappa shape index (κ2) is 11.0. The number of nitrogens with zero attached hydrogens (tertiary/aromatic N) is 1. The number of nitrogens with one attached hydrogen (secondary N) is 1. The first-order chi connectivity index (χ1) is 19.1. The molecule has 0 spiro atoms. The molecule has 1 atom stereocenters. The number of hydrogen-bond donors (Lipinski definition) is 2. The van der Waals surface area contributed by atoms with Crippen molar-refractivity contribution in [1.29, 1.82) is 0 Å². The highest BCUT2D eigenvalue weighted by Gasteiger charge is 2.17. The third-order valence-corrected chi connectivity index (χ3v) is 7.95. The summed E-state index contributed by atoms with van der Waals surface area (Å²) in [5, 5.41) is 14.4. The molecule has 1 amide bonds. The number of fused-ring (bicyclic) bond motifs is 1. The molecule has 5 aromatic rings. The normalized spacial score (nSPS) is 11.9. The van der Waals surface area contributed by atoms with E-state index in [4.69, 9.17) is 11.6 Å². The van der Waals surface area contributed by atoms with Crippen molar-refractivity contribution in [2.45, 2.75) is 40.3 Å². The van der Waals surface area contributed by atoms with Gasteiger partial charge in [-0.15, -0.1) is 0 Å². The summed E-state index contributed by atoms with van der Waals surface area (Å²) in [5.41, 5.74) is 8.99. The molecular formula is C34H31ClN2O3. The van der Waals surface area contributed by atoms with Gasteiger partial charge in [-0.3, -0.25) is 4.79 Å². The Labute approximate surface area is 239 Å². The van der Waals surface area contributed by atoms with Gasteiger partial charge in [0.2, 0.25) is 0 Å². The fourth-order valence-corrected chi connectivity index (χ4v) is 5.60. The molecule has 2 N–H and O–H groups in total. The van der Waals surface area contributed by atoms with E-state index in [-0.39, 0.29) is 17.5 Å². The molecule has 0 saturated heterocycles. The molecular weight excluding hydrogens is 520 g/mol. The average Bonchev–Trinajstić information content (AvgIpc) is 3.17. The minimum atomic E-state index is -0.938. The Morgan fingerprint density at radius 2 is 1.65 bits per heavy atom. The molecule has 1 heterocycles. The average molecular weight is 551 g/mol. The Balaban J connectivity index is 1.38. The maximum atomic E-state index is 13.2. The van der Waals surface area contributed by atoms with E-state index in [1.807, 2.05) is 86.6 Å². The first-order valence-electron chi connectivity index (χ1n) is 13.2. The lowest BCUT2D eigenvalue weighted by Crippen LogP contribution is -2.27. The lowest BCUT2D eigenvalue weighted by atomic mass is 9.99. The van der Waals surface area contributed by atoms with Gasteiger partial charge >= 0.3 is 5.97 Å². The molecule has 0 bridgehead atoms. The summed E-state index contributed by atoms with van der Waals surface area (Å²) >= 11 is 6.10. The molecule has 0 fully saturated rings. The van der Waals surface area contributed by atoms with Crippen LogP contribution in [0.15, 0.2) is 84.9 Å². The van der Waals surface area contributed by atoms with Crippen LogP contribution in [-0.2, 0) is 6.54 Å². The minimum Gasteiger partial charge on any atom is -0.478 e. The summed E-state index contributed by atoms with van der Waals surface area (Å²) in [4.78, 5) is 24.8. The maximum Gasteiger partial charge on any atom is 0.336 e. The van der Waals surface area contributed by atoms with Crippen LogP contribution in [0.1, 0.15) is 61.6 Å². The number of carboxylic acid groups (broad SMARTS) is 1. The largest absolute Gasteiger partial charge is 0.478 e. The number of carbonyl (C=O) groups excluding carboxylic acids is 1. The monoisotopic (exact) mass is 550 g/mol. The smallest absolute Gasteiger partial charge is 0.336 e. The van der Waals surface area contributed by atoms with Crippen LogP contribution in [0, 0.1) is 20.8 Å². The summed E-state index contributed by atoms with van der Waals surface area (Å²) < 4.78 is 2.26. The van der Waals surface area contributed by atoms with Crippen molar-refractivity contribution in [3.8, 4) is 11.1 Å². The van der Waals surface area contributed by atoms with Crippen LogP contribution in [0.4, 0.5) is 0 Å². The standard InChI is InChI=1S/C34H31ClN2O3/c1-20-17-27(35)14-15-28(20)22(3)36-33(38)26-13-16-32-31(18-26)21(2)23(4)37(32)19-24-9-11-25(12-10-24)29-7-5-6-8-30(29)34(39)40/h5-18,22H,19H2,1-4H3,(H,36,38)(H,39,40)/t22-/m1/s1. The molecule has 6 heteroatoms. The molecule has 0 saturated carbocycles. The first-order valence-corrected chi connectivity index (χ1v) is 13.6. The van der Waals surface area contributed by atoms with E-state index in [1.54, 1.807) is 12.1 Å². The van der Waals surface area contributed by atoms with Crippen LogP contribution in [0.3, 0.4) is 0 Å². The summed E-state index contributed by atoms with van der Waals surface area (Å²) in [5.74, 6) is -1.06. The molecule has 0 aliphatic heterocycles. The van der Waals surface area contributed by atoms with Crippen LogP contribution in [-0.4, -0.2) is 21.6 Å². The number of benzene rings is 4. The molecule has 0 aliphatic carbocycles. The van der Waals surface area contributed by atoms with Crippen molar-refractivity contribution in [2.75, 3.05) is 0 Å². The van der Waals surface area contributed by atoms with Gasteiger partial charge in [0.05, 0.1) is 11.6 Å². The van der Waals surface area contributed by atoms with Gasteiger partial charge < -0.3 is 15.0 Å². The Morgan fingerprint density at radius 3 is 2.35 bits per heavy atom. The number of halogens is 1. The molecule has 202 valence electrons. The van der Waals surface area contributed by atoms with Gasteiger partial charge in [0, 0.05) is 33.7 Å². The fraction of sp³-hybridized carbons (Fsp3) is 0.176. The predicted molar refractivity (Wildman–Crippen MR) is 161 cm³/mol. The van der Waals surface area contributed by atoms with E-state index >= 15 is 0 Å². The molecule has 5 rings (SSSR count). The topological polar surface area (TPSA) is 71.3 Å². The molecule has 1 aromatic heterocycles. The number of carbonyl (C=O) groups is 2. The van der Waals surface area contributed by atoms with E-state index in [1.165, 1.54) is 0 Å². The highest BCUT2D eigenvalue weighted by Crippen LogP contribution is 2.29. The molecule has 0 radical (unpaired) electrons. The highest BCUT2D eigenvalue weighted by molar-refractivity contribution is 6.30. The van der Waals surface area contributed by atoms with Crippen LogP contribution < -0.4 is 5.32 Å². The number of aryl methyl sites for hydroxylation is 2. The van der Waals surface area contributed by atoms with Gasteiger partial charge in [-0.1, -0.05) is 60.1 Å². The van der Waals surface area contributed by atoms with Crippen molar-refractivity contribution in [1.82, 2.24) is 9.88 Å². The van der Waals surface area contributed by atoms with Crippen molar-refractivity contribution in [2.24, 2.45) is 0 Å². The van der Waals surface area contributed by atoms with Gasteiger partial charge in [-0.25, -0.2) is 4.79 Å². The van der Waals surface area contributed by atoms with Crippen molar-refractivity contribution in [3.63, 3.8) is 0 Å². The van der Waals surface area contributed by atoms with Gasteiger partial charge in [-0.2, -0.15) is 0 Å². The molecule has 0 aliphatic rings. The maximum absolute atomic E-state index is 13.2. The Bertz CT molecular complexity index is 1750. The number of aromatic carboxylic acids is 1. The predicted octanol–water partition coefficient (Wildman–Crippen LogP) is 8.12. The zero-order chi connectivity index (χ0) is 28.6. The number of rotatable bonds is 7. The number of carboxylic acids is 1. The molecule has 4 aromatic carbocycles. The van der Waals surface area contributed by atoms with Gasteiger partial charge in [0.15, 0.2) is 0 Å². The zero-order valence-corrected chi connectivity index (χ0v) is 23.7. The van der Waals surface area contributed by atoms with Crippen molar-refractivity contribution in [3.05, 3.63) is 129 Å². The third-order valence-electron chi connectivity index (χ3n) is 7.71. The van der Waals surface area contributed by atoms with E-state index in [9.17, 15) is 14.7 Å². The quantitative estimate of drug-likeness (QED) is 0.215. The van der Waals surface area contributed by atoms with E-state index in [2.05, 4.69) is 23.7 Å². The third kappa shape index (κ3) is 5.25. The highest BCUT2D eigenvalue weighted by atomic mass is 35.5. The van der Waals surface area contributed by atoms with Crippen molar-refractivity contribution >= 4 is 34.4 Å². The second-order valence-electron chi connectivity index (χ2n) is 10.3.